The summed E-state index contributed by atoms with van der Waals surface area (Å²) >= 11 is 6.95. The minimum absolute atomic E-state index is 0.0152. The molecule has 3 aromatic rings. The van der Waals surface area contributed by atoms with E-state index in [-0.39, 0.29) is 10.9 Å². The predicted molar refractivity (Wildman–Crippen MR) is 93.7 cm³/mol. The van der Waals surface area contributed by atoms with E-state index in [4.69, 9.17) is 11.6 Å². The summed E-state index contributed by atoms with van der Waals surface area (Å²) in [7, 11) is 0. The van der Waals surface area contributed by atoms with Gasteiger partial charge >= 0.3 is 0 Å². The highest BCUT2D eigenvalue weighted by atomic mass is 35.5. The average Bonchev–Trinajstić information content (AvgIpc) is 2.92. The van der Waals surface area contributed by atoms with Crippen molar-refractivity contribution in [3.8, 4) is 0 Å². The van der Waals surface area contributed by atoms with Gasteiger partial charge < -0.3 is 10.6 Å². The van der Waals surface area contributed by atoms with Gasteiger partial charge in [0.2, 0.25) is 0 Å². The average molecular weight is 363 g/mol. The molecule has 1 amide bonds. The lowest BCUT2D eigenvalue weighted by Crippen LogP contribution is -2.12. The van der Waals surface area contributed by atoms with Crippen molar-refractivity contribution in [2.75, 3.05) is 10.6 Å². The van der Waals surface area contributed by atoms with Crippen molar-refractivity contribution in [2.45, 2.75) is 6.92 Å². The summed E-state index contributed by atoms with van der Waals surface area (Å²) in [4.78, 5) is 21.2. The molecule has 0 unspecified atom stereocenters. The number of thiazole rings is 1. The second-order valence-electron chi connectivity index (χ2n) is 4.86. The summed E-state index contributed by atoms with van der Waals surface area (Å²) in [5, 5.41) is 6.26. The topological polar surface area (TPSA) is 66.9 Å². The number of hydrogen-bond donors (Lipinski definition) is 2. The molecule has 0 spiro atoms. The molecule has 2 heterocycles. The monoisotopic (exact) mass is 362 g/mol. The van der Waals surface area contributed by atoms with Gasteiger partial charge in [-0.1, -0.05) is 29.0 Å². The molecule has 0 atom stereocenters. The zero-order valence-corrected chi connectivity index (χ0v) is 14.1. The Morgan fingerprint density at radius 3 is 2.83 bits per heavy atom. The van der Waals surface area contributed by atoms with Crippen LogP contribution in [-0.2, 0) is 0 Å². The fourth-order valence-corrected chi connectivity index (χ4v) is 3.03. The zero-order valence-electron chi connectivity index (χ0n) is 12.5. The predicted octanol–water partition coefficient (Wildman–Crippen LogP) is 4.63. The normalized spacial score (nSPS) is 10.5. The maximum atomic E-state index is 13.2. The number of carbonyl (C=O) groups is 1. The van der Waals surface area contributed by atoms with Gasteiger partial charge in [0.05, 0.1) is 10.7 Å². The molecule has 0 saturated carbocycles. The van der Waals surface area contributed by atoms with Crippen LogP contribution in [0.1, 0.15) is 15.4 Å². The number of carbonyl (C=O) groups excluding carboxylic acids is 1. The van der Waals surface area contributed by atoms with E-state index in [0.717, 1.165) is 0 Å². The maximum absolute atomic E-state index is 13.2. The summed E-state index contributed by atoms with van der Waals surface area (Å²) in [6.07, 6.45) is 1.60. The van der Waals surface area contributed by atoms with Crippen molar-refractivity contribution in [1.82, 2.24) is 9.97 Å². The third-order valence-corrected chi connectivity index (χ3v) is 4.44. The molecule has 0 bridgehead atoms. The van der Waals surface area contributed by atoms with Crippen molar-refractivity contribution in [3.63, 3.8) is 0 Å². The number of aryl methyl sites for hydroxylation is 1. The summed E-state index contributed by atoms with van der Waals surface area (Å²) in [6, 6.07) is 9.53. The van der Waals surface area contributed by atoms with E-state index in [1.807, 2.05) is 0 Å². The van der Waals surface area contributed by atoms with Crippen LogP contribution in [0.4, 0.5) is 21.0 Å². The zero-order chi connectivity index (χ0) is 17.1. The number of benzene rings is 1. The minimum Gasteiger partial charge on any atom is -0.331 e. The smallest absolute Gasteiger partial charge is 0.268 e. The van der Waals surface area contributed by atoms with Gasteiger partial charge in [0.15, 0.2) is 5.13 Å². The van der Waals surface area contributed by atoms with Crippen LogP contribution in [0.25, 0.3) is 0 Å². The molecule has 122 valence electrons. The van der Waals surface area contributed by atoms with Gasteiger partial charge in [0.25, 0.3) is 5.91 Å². The number of aromatic nitrogens is 2. The third kappa shape index (κ3) is 3.69. The van der Waals surface area contributed by atoms with Crippen LogP contribution in [0, 0.1) is 12.7 Å². The second kappa shape index (κ2) is 6.94. The Hall–Kier alpha value is -2.51. The lowest BCUT2D eigenvalue weighted by molar-refractivity contribution is 0.102. The highest BCUT2D eigenvalue weighted by Gasteiger charge is 2.16. The van der Waals surface area contributed by atoms with Crippen LogP contribution in [-0.4, -0.2) is 15.9 Å². The molecule has 1 aromatic carbocycles. The lowest BCUT2D eigenvalue weighted by Gasteiger charge is -2.03. The van der Waals surface area contributed by atoms with Crippen LogP contribution in [0.15, 0.2) is 42.6 Å². The van der Waals surface area contributed by atoms with Crippen molar-refractivity contribution in [1.29, 1.82) is 0 Å². The molecule has 2 aromatic heterocycles. The number of hydrogen-bond acceptors (Lipinski definition) is 5. The van der Waals surface area contributed by atoms with Gasteiger partial charge in [-0.15, -0.1) is 0 Å². The van der Waals surface area contributed by atoms with Gasteiger partial charge in [-0.2, -0.15) is 0 Å². The first kappa shape index (κ1) is 16.4. The minimum atomic E-state index is -0.493. The van der Waals surface area contributed by atoms with Crippen molar-refractivity contribution >= 4 is 45.5 Å². The van der Waals surface area contributed by atoms with Gasteiger partial charge in [0.1, 0.15) is 16.5 Å². The fourth-order valence-electron chi connectivity index (χ4n) is 1.97. The van der Waals surface area contributed by atoms with Crippen molar-refractivity contribution in [3.05, 3.63) is 64.0 Å². The van der Waals surface area contributed by atoms with Crippen LogP contribution in [0.5, 0.6) is 0 Å². The van der Waals surface area contributed by atoms with Gasteiger partial charge in [-0.3, -0.25) is 4.79 Å². The second-order valence-corrected chi connectivity index (χ2v) is 6.26. The van der Waals surface area contributed by atoms with Crippen molar-refractivity contribution in [2.24, 2.45) is 0 Å². The standard InChI is InChI=1S/C16H12ClFN4OS/c1-9-14(15(23)22-13-4-2-3-7-19-13)24-16(20-9)21-10-5-6-12(18)11(17)8-10/h2-8H,1H3,(H,20,21)(H,19,22,23). The molecule has 0 aliphatic carbocycles. The fraction of sp³-hybridized carbons (Fsp3) is 0.0625. The highest BCUT2D eigenvalue weighted by molar-refractivity contribution is 7.17. The molecule has 0 aliphatic heterocycles. The van der Waals surface area contributed by atoms with Gasteiger partial charge in [0, 0.05) is 11.9 Å². The number of rotatable bonds is 4. The Morgan fingerprint density at radius 2 is 2.12 bits per heavy atom. The third-order valence-electron chi connectivity index (χ3n) is 3.08. The molecule has 0 radical (unpaired) electrons. The first-order chi connectivity index (χ1) is 11.5. The van der Waals surface area contributed by atoms with E-state index in [0.29, 0.717) is 27.2 Å². The van der Waals surface area contributed by atoms with Gasteiger partial charge in [-0.05, 0) is 37.3 Å². The van der Waals surface area contributed by atoms with E-state index < -0.39 is 5.82 Å². The van der Waals surface area contributed by atoms with Crippen molar-refractivity contribution < 1.29 is 9.18 Å². The molecular formula is C16H12ClFN4OS. The first-order valence-electron chi connectivity index (χ1n) is 6.95. The van der Waals surface area contributed by atoms with E-state index in [1.165, 1.54) is 23.5 Å². The van der Waals surface area contributed by atoms with Gasteiger partial charge in [-0.25, -0.2) is 14.4 Å². The SMILES string of the molecule is Cc1nc(Nc2ccc(F)c(Cl)c2)sc1C(=O)Nc1ccccn1. The molecule has 0 fully saturated rings. The molecule has 24 heavy (non-hydrogen) atoms. The molecule has 8 heteroatoms. The quantitative estimate of drug-likeness (QED) is 0.709. The summed E-state index contributed by atoms with van der Waals surface area (Å²) in [5.74, 6) is -0.308. The van der Waals surface area contributed by atoms with E-state index in [9.17, 15) is 9.18 Å². The molecule has 5 nitrogen and oxygen atoms in total. The number of pyridine rings is 1. The number of nitrogens with one attached hydrogen (secondary N) is 2. The number of nitrogens with zero attached hydrogens (tertiary/aromatic N) is 2. The largest absolute Gasteiger partial charge is 0.331 e. The molecule has 0 saturated heterocycles. The van der Waals surface area contributed by atoms with Crippen LogP contribution < -0.4 is 10.6 Å². The summed E-state index contributed by atoms with van der Waals surface area (Å²) in [5.41, 5.74) is 1.18. The highest BCUT2D eigenvalue weighted by Crippen LogP contribution is 2.28. The summed E-state index contributed by atoms with van der Waals surface area (Å²) in [6.45, 7) is 1.74. The number of anilines is 3. The molecule has 0 aliphatic rings. The Labute approximate surface area is 146 Å². The van der Waals surface area contributed by atoms with E-state index in [1.54, 1.807) is 37.4 Å². The van der Waals surface area contributed by atoms with E-state index in [2.05, 4.69) is 20.6 Å². The molecular weight excluding hydrogens is 351 g/mol. The Kier molecular flexibility index (Phi) is 4.73. The van der Waals surface area contributed by atoms with Crippen LogP contribution in [0.2, 0.25) is 5.02 Å². The Bertz CT molecular complexity index is 885. The van der Waals surface area contributed by atoms with Crippen LogP contribution in [0.3, 0.4) is 0 Å². The number of halogens is 2. The van der Waals surface area contributed by atoms with E-state index >= 15 is 0 Å². The first-order valence-corrected chi connectivity index (χ1v) is 8.14. The number of amides is 1. The Morgan fingerprint density at radius 1 is 1.29 bits per heavy atom. The lowest BCUT2D eigenvalue weighted by atomic mass is 10.3. The molecule has 3 rings (SSSR count). The summed E-state index contributed by atoms with van der Waals surface area (Å²) < 4.78 is 13.2. The molecule has 2 N–H and O–H groups in total. The Balaban J connectivity index is 1.77. The maximum Gasteiger partial charge on any atom is 0.268 e. The van der Waals surface area contributed by atoms with Crippen LogP contribution >= 0.6 is 22.9 Å².